The molecule has 0 saturated heterocycles. The van der Waals surface area contributed by atoms with Crippen LogP contribution in [0.25, 0.3) is 10.9 Å². The van der Waals surface area contributed by atoms with Crippen LogP contribution < -0.4 is 11.3 Å². The Morgan fingerprint density at radius 3 is 2.50 bits per heavy atom. The Morgan fingerprint density at radius 1 is 1.08 bits per heavy atom. The van der Waals surface area contributed by atoms with Gasteiger partial charge >= 0.3 is 0 Å². The minimum Gasteiger partial charge on any atom is -0.376 e. The van der Waals surface area contributed by atoms with Crippen molar-refractivity contribution in [2.45, 2.75) is 13.0 Å². The van der Waals surface area contributed by atoms with Gasteiger partial charge < -0.3 is 15.1 Å². The lowest BCUT2D eigenvalue weighted by Crippen LogP contribution is -2.08. The number of rotatable bonds is 1. The molecule has 0 amide bonds. The molecule has 4 N–H and O–H groups in total. The standard InChI is InChI=1S/C11H9BrFNO.C6H6BrFN2.ClH/c12-9-4-6(13)3-7-8-5-15-2-1-10(8)14-11(7)9;7-5-3-4(8)1-2-6(5)10-9;/h3-4,14H,1-2,5H2;1-3,10H,9H2;1H. The van der Waals surface area contributed by atoms with Gasteiger partial charge in [-0.2, -0.15) is 0 Å². The summed E-state index contributed by atoms with van der Waals surface area (Å²) in [4.78, 5) is 3.32. The molecule has 4 nitrogen and oxygen atoms in total. The Balaban J connectivity index is 0.000000195. The number of nitrogens with two attached hydrogens (primary N) is 1. The van der Waals surface area contributed by atoms with Crippen molar-refractivity contribution in [1.82, 2.24) is 4.98 Å². The first-order chi connectivity index (χ1) is 12.0. The SMILES string of the molecule is Cl.Fc1cc(Br)c2[nH]c3c(c2c1)COCC3.NNc1ccc(F)cc1Br. The fourth-order valence-corrected chi connectivity index (χ4v) is 3.66. The van der Waals surface area contributed by atoms with Gasteiger partial charge in [-0.25, -0.2) is 8.78 Å². The second-order valence-electron chi connectivity index (χ2n) is 5.46. The first-order valence-electron chi connectivity index (χ1n) is 7.47. The molecule has 4 rings (SSSR count). The molecule has 0 spiro atoms. The van der Waals surface area contributed by atoms with Crippen molar-refractivity contribution in [3.05, 3.63) is 62.2 Å². The molecular weight excluding hydrogens is 495 g/mol. The Kier molecular flexibility index (Phi) is 7.42. The van der Waals surface area contributed by atoms with Crippen molar-refractivity contribution in [2.24, 2.45) is 5.84 Å². The molecule has 140 valence electrons. The fourth-order valence-electron chi connectivity index (χ4n) is 2.66. The number of anilines is 1. The maximum absolute atomic E-state index is 13.3. The maximum atomic E-state index is 13.3. The average Bonchev–Trinajstić information content (AvgIpc) is 2.95. The molecule has 0 fully saturated rings. The zero-order valence-electron chi connectivity index (χ0n) is 13.4. The van der Waals surface area contributed by atoms with Gasteiger partial charge in [-0.15, -0.1) is 12.4 Å². The quantitative estimate of drug-likeness (QED) is 0.301. The van der Waals surface area contributed by atoms with Gasteiger partial charge in [0.05, 0.1) is 24.4 Å². The number of ether oxygens (including phenoxy) is 1. The molecule has 26 heavy (non-hydrogen) atoms. The number of aromatic amines is 1. The lowest BCUT2D eigenvalue weighted by Gasteiger charge is -2.11. The van der Waals surface area contributed by atoms with E-state index in [0.29, 0.717) is 16.8 Å². The molecule has 3 aromatic rings. The Morgan fingerprint density at radius 2 is 1.81 bits per heavy atom. The average molecular weight is 512 g/mol. The molecule has 0 aliphatic carbocycles. The summed E-state index contributed by atoms with van der Waals surface area (Å²) < 4.78 is 32.4. The number of fused-ring (bicyclic) bond motifs is 3. The summed E-state index contributed by atoms with van der Waals surface area (Å²) in [6.45, 7) is 1.31. The molecule has 1 aliphatic heterocycles. The minimum absolute atomic E-state index is 0. The summed E-state index contributed by atoms with van der Waals surface area (Å²) in [5, 5.41) is 0.927. The summed E-state index contributed by atoms with van der Waals surface area (Å²) in [5.41, 5.74) is 6.30. The van der Waals surface area contributed by atoms with Crippen molar-refractivity contribution in [3.8, 4) is 0 Å². The number of nitrogen functional groups attached to an aromatic ring is 1. The summed E-state index contributed by atoms with van der Waals surface area (Å²) in [6.07, 6.45) is 0.873. The Bertz CT molecular complexity index is 921. The number of hydrazine groups is 1. The van der Waals surface area contributed by atoms with Crippen molar-refractivity contribution < 1.29 is 13.5 Å². The highest BCUT2D eigenvalue weighted by Crippen LogP contribution is 2.32. The third kappa shape index (κ3) is 4.55. The molecule has 0 saturated carbocycles. The number of nitrogens with one attached hydrogen (secondary N) is 2. The molecule has 2 heterocycles. The van der Waals surface area contributed by atoms with Crippen LogP contribution in [-0.2, 0) is 17.8 Å². The Labute approximate surface area is 172 Å². The van der Waals surface area contributed by atoms with E-state index in [1.54, 1.807) is 12.1 Å². The lowest BCUT2D eigenvalue weighted by molar-refractivity contribution is 0.111. The molecular formula is C17H16Br2ClF2N3O. The van der Waals surface area contributed by atoms with Crippen LogP contribution in [0.3, 0.4) is 0 Å². The molecule has 0 bridgehead atoms. The highest BCUT2D eigenvalue weighted by molar-refractivity contribution is 9.11. The van der Waals surface area contributed by atoms with Gasteiger partial charge in [0.1, 0.15) is 11.6 Å². The van der Waals surface area contributed by atoms with E-state index in [-0.39, 0.29) is 24.0 Å². The van der Waals surface area contributed by atoms with Crippen molar-refractivity contribution in [2.75, 3.05) is 12.0 Å². The van der Waals surface area contributed by atoms with E-state index < -0.39 is 0 Å². The lowest BCUT2D eigenvalue weighted by atomic mass is 10.1. The fraction of sp³-hybridized carbons (Fsp3) is 0.176. The first kappa shape index (κ1) is 21.1. The van der Waals surface area contributed by atoms with Crippen LogP contribution in [0.5, 0.6) is 0 Å². The number of aromatic nitrogens is 1. The van der Waals surface area contributed by atoms with E-state index in [0.717, 1.165) is 34.0 Å². The highest BCUT2D eigenvalue weighted by Gasteiger charge is 2.17. The number of hydrogen-bond donors (Lipinski definition) is 3. The van der Waals surface area contributed by atoms with Crippen LogP contribution in [0.2, 0.25) is 0 Å². The van der Waals surface area contributed by atoms with E-state index in [1.807, 2.05) is 0 Å². The normalized spacial score (nSPS) is 12.7. The van der Waals surface area contributed by atoms with Gasteiger partial charge in [0.25, 0.3) is 0 Å². The summed E-state index contributed by atoms with van der Waals surface area (Å²) in [7, 11) is 0. The second kappa shape index (κ2) is 9.14. The number of benzene rings is 2. The molecule has 0 radical (unpaired) electrons. The summed E-state index contributed by atoms with van der Waals surface area (Å²) in [5.74, 6) is 4.59. The van der Waals surface area contributed by atoms with Crippen molar-refractivity contribution >= 4 is 60.9 Å². The monoisotopic (exact) mass is 509 g/mol. The van der Waals surface area contributed by atoms with Gasteiger partial charge in [0.2, 0.25) is 0 Å². The zero-order valence-corrected chi connectivity index (χ0v) is 17.4. The number of halogens is 5. The second-order valence-corrected chi connectivity index (χ2v) is 7.17. The number of H-pyrrole nitrogens is 1. The third-order valence-corrected chi connectivity index (χ3v) is 5.13. The van der Waals surface area contributed by atoms with Gasteiger partial charge in [0, 0.05) is 32.0 Å². The van der Waals surface area contributed by atoms with E-state index in [2.05, 4.69) is 42.3 Å². The van der Waals surface area contributed by atoms with Gasteiger partial charge in [-0.3, -0.25) is 5.84 Å². The van der Waals surface area contributed by atoms with Gasteiger partial charge in [0.15, 0.2) is 0 Å². The molecule has 0 unspecified atom stereocenters. The Hall–Kier alpha value is -1.19. The molecule has 1 aromatic heterocycles. The van der Waals surface area contributed by atoms with Gasteiger partial charge in [-0.1, -0.05) is 0 Å². The first-order valence-corrected chi connectivity index (χ1v) is 9.06. The molecule has 1 aliphatic rings. The molecule has 2 aromatic carbocycles. The number of hydrogen-bond acceptors (Lipinski definition) is 3. The maximum Gasteiger partial charge on any atom is 0.125 e. The van der Waals surface area contributed by atoms with Crippen molar-refractivity contribution in [3.63, 3.8) is 0 Å². The van der Waals surface area contributed by atoms with Crippen LogP contribution in [0.4, 0.5) is 14.5 Å². The van der Waals surface area contributed by atoms with E-state index in [4.69, 9.17) is 10.6 Å². The van der Waals surface area contributed by atoms with Gasteiger partial charge in [-0.05, 0) is 62.2 Å². The van der Waals surface area contributed by atoms with Crippen LogP contribution in [0, 0.1) is 11.6 Å². The van der Waals surface area contributed by atoms with E-state index in [9.17, 15) is 8.78 Å². The van der Waals surface area contributed by atoms with E-state index in [1.165, 1.54) is 23.9 Å². The zero-order chi connectivity index (χ0) is 18.0. The van der Waals surface area contributed by atoms with E-state index >= 15 is 0 Å². The van der Waals surface area contributed by atoms with Crippen LogP contribution in [-0.4, -0.2) is 11.6 Å². The predicted molar refractivity (Wildman–Crippen MR) is 108 cm³/mol. The molecule has 0 atom stereocenters. The topological polar surface area (TPSA) is 63.1 Å². The third-order valence-electron chi connectivity index (χ3n) is 3.85. The highest BCUT2D eigenvalue weighted by atomic mass is 79.9. The van der Waals surface area contributed by atoms with Crippen LogP contribution >= 0.6 is 44.3 Å². The smallest absolute Gasteiger partial charge is 0.125 e. The van der Waals surface area contributed by atoms with Crippen LogP contribution in [0.1, 0.15) is 11.3 Å². The summed E-state index contributed by atoms with van der Waals surface area (Å²) in [6, 6.07) is 7.27. The van der Waals surface area contributed by atoms with Crippen molar-refractivity contribution in [1.29, 1.82) is 0 Å². The predicted octanol–water partition coefficient (Wildman–Crippen LogP) is 5.44. The van der Waals surface area contributed by atoms with Crippen LogP contribution in [0.15, 0.2) is 39.3 Å². The minimum atomic E-state index is -0.286. The summed E-state index contributed by atoms with van der Waals surface area (Å²) >= 11 is 6.49. The molecule has 9 heteroatoms. The largest absolute Gasteiger partial charge is 0.376 e.